The Hall–Kier alpha value is -1.44. The molecular weight excluding hydrogens is 356 g/mol. The molecule has 26 heavy (non-hydrogen) atoms. The fraction of sp³-hybridized carbons (Fsp3) is 0.733. The van der Waals surface area contributed by atoms with E-state index in [9.17, 15) is 40.9 Å². The third kappa shape index (κ3) is 3.52. The molecule has 0 spiro atoms. The lowest BCUT2D eigenvalue weighted by Gasteiger charge is -2.48. The number of hydrogen-bond acceptors (Lipinski definition) is 11. The molecule has 2 aliphatic heterocycles. The summed E-state index contributed by atoms with van der Waals surface area (Å²) in [6.07, 6.45) is -10.5. The van der Waals surface area contributed by atoms with Gasteiger partial charge in [-0.05, 0) is 0 Å². The molecule has 0 amide bonds. The average molecular weight is 380 g/mol. The van der Waals surface area contributed by atoms with Crippen molar-refractivity contribution in [1.29, 1.82) is 0 Å². The lowest BCUT2D eigenvalue weighted by Crippen LogP contribution is -2.66. The predicted octanol–water partition coefficient (Wildman–Crippen LogP) is -3.41. The zero-order chi connectivity index (χ0) is 19.6. The van der Waals surface area contributed by atoms with Crippen molar-refractivity contribution in [3.8, 4) is 0 Å². The molecule has 2 rings (SSSR count). The molecule has 0 aromatic carbocycles. The minimum absolute atomic E-state index is 0.281. The van der Waals surface area contributed by atoms with Crippen molar-refractivity contribution in [1.82, 2.24) is 0 Å². The molecule has 0 aliphatic carbocycles. The fourth-order valence-electron chi connectivity index (χ4n) is 2.84. The van der Waals surface area contributed by atoms with Gasteiger partial charge in [0.25, 0.3) is 0 Å². The molecule has 150 valence electrons. The number of aliphatic hydroxyl groups is 8. The number of aliphatic hydroxyl groups excluding tert-OH is 8. The van der Waals surface area contributed by atoms with Gasteiger partial charge < -0.3 is 55.1 Å². The van der Waals surface area contributed by atoms with Crippen LogP contribution in [0.5, 0.6) is 0 Å². The van der Waals surface area contributed by atoms with Crippen LogP contribution in [0.3, 0.4) is 0 Å². The van der Waals surface area contributed by atoms with Gasteiger partial charge in [0.15, 0.2) is 6.10 Å². The van der Waals surface area contributed by atoms with Crippen LogP contribution in [-0.2, 0) is 14.2 Å². The van der Waals surface area contributed by atoms with Crippen LogP contribution in [0.15, 0.2) is 24.4 Å². The smallest absolute Gasteiger partial charge is 0.324 e. The maximum atomic E-state index is 10.4. The quantitative estimate of drug-likeness (QED) is 0.214. The first kappa shape index (κ1) is 20.9. The van der Waals surface area contributed by atoms with E-state index in [1.54, 1.807) is 0 Å². The summed E-state index contributed by atoms with van der Waals surface area (Å²) >= 11 is 0. The minimum Gasteiger partial charge on any atom is -0.504 e. The van der Waals surface area contributed by atoms with Crippen LogP contribution >= 0.6 is 0 Å². The molecule has 1 fully saturated rings. The van der Waals surface area contributed by atoms with Gasteiger partial charge in [-0.25, -0.2) is 0 Å². The second kappa shape index (κ2) is 8.06. The SMILES string of the molecule is C=CCC1(OC2=C(O)[C@@H](O)[C@H](O)[C@@H](CO)O2)O[C@H](CO)[C@@H](O)[C@H](O)[C@H]1O. The summed E-state index contributed by atoms with van der Waals surface area (Å²) < 4.78 is 15.9. The van der Waals surface area contributed by atoms with Crippen molar-refractivity contribution in [2.24, 2.45) is 0 Å². The second-order valence-electron chi connectivity index (χ2n) is 6.12. The first-order chi connectivity index (χ1) is 12.2. The van der Waals surface area contributed by atoms with Crippen LogP contribution in [0.2, 0.25) is 0 Å². The Kier molecular flexibility index (Phi) is 6.47. The third-order valence-electron chi connectivity index (χ3n) is 4.36. The Labute approximate surface area is 148 Å². The van der Waals surface area contributed by atoms with Gasteiger partial charge in [0, 0.05) is 6.42 Å². The Balaban J connectivity index is 2.39. The van der Waals surface area contributed by atoms with Crippen molar-refractivity contribution < 1.29 is 55.1 Å². The summed E-state index contributed by atoms with van der Waals surface area (Å²) in [5.41, 5.74) is 0. The molecule has 2 heterocycles. The van der Waals surface area contributed by atoms with E-state index in [0.717, 1.165) is 0 Å². The summed E-state index contributed by atoms with van der Waals surface area (Å²) in [4.78, 5) is 0. The largest absolute Gasteiger partial charge is 0.504 e. The third-order valence-corrected chi connectivity index (χ3v) is 4.36. The van der Waals surface area contributed by atoms with E-state index in [4.69, 9.17) is 14.2 Å². The first-order valence-corrected chi connectivity index (χ1v) is 7.92. The molecule has 0 saturated carbocycles. The lowest BCUT2D eigenvalue weighted by molar-refractivity contribution is -0.366. The highest BCUT2D eigenvalue weighted by Gasteiger charge is 2.56. The molecular formula is C15H24O11. The number of rotatable bonds is 6. The average Bonchev–Trinajstić information content (AvgIpc) is 2.63. The van der Waals surface area contributed by atoms with Crippen molar-refractivity contribution in [2.45, 2.75) is 54.9 Å². The van der Waals surface area contributed by atoms with Gasteiger partial charge in [-0.3, -0.25) is 0 Å². The van der Waals surface area contributed by atoms with Crippen LogP contribution in [-0.4, -0.2) is 103 Å². The van der Waals surface area contributed by atoms with E-state index in [1.165, 1.54) is 6.08 Å². The van der Waals surface area contributed by atoms with Crippen LogP contribution in [0.4, 0.5) is 0 Å². The Morgan fingerprint density at radius 1 is 1.00 bits per heavy atom. The van der Waals surface area contributed by atoms with Gasteiger partial charge in [-0.15, -0.1) is 6.58 Å². The highest BCUT2D eigenvalue weighted by atomic mass is 16.8. The van der Waals surface area contributed by atoms with E-state index in [1.807, 2.05) is 0 Å². The molecule has 11 nitrogen and oxygen atoms in total. The summed E-state index contributed by atoms with van der Waals surface area (Å²) in [5, 5.41) is 78.3. The van der Waals surface area contributed by atoms with Gasteiger partial charge >= 0.3 is 5.95 Å². The molecule has 0 radical (unpaired) electrons. The van der Waals surface area contributed by atoms with E-state index < -0.39 is 73.4 Å². The highest BCUT2D eigenvalue weighted by molar-refractivity contribution is 5.11. The van der Waals surface area contributed by atoms with Gasteiger partial charge in [0.2, 0.25) is 11.5 Å². The van der Waals surface area contributed by atoms with Crippen molar-refractivity contribution >= 4 is 0 Å². The zero-order valence-corrected chi connectivity index (χ0v) is 13.7. The molecule has 1 saturated heterocycles. The Bertz CT molecular complexity index is 536. The lowest BCUT2D eigenvalue weighted by atomic mass is 9.90. The van der Waals surface area contributed by atoms with Gasteiger partial charge in [-0.2, -0.15) is 0 Å². The highest BCUT2D eigenvalue weighted by Crippen LogP contribution is 2.38. The summed E-state index contributed by atoms with van der Waals surface area (Å²) in [5.74, 6) is -3.83. The molecule has 11 heteroatoms. The summed E-state index contributed by atoms with van der Waals surface area (Å²) in [7, 11) is 0. The molecule has 1 unspecified atom stereocenters. The monoisotopic (exact) mass is 380 g/mol. The summed E-state index contributed by atoms with van der Waals surface area (Å²) in [6.45, 7) is 2.03. The van der Waals surface area contributed by atoms with Crippen LogP contribution in [0, 0.1) is 0 Å². The van der Waals surface area contributed by atoms with E-state index in [-0.39, 0.29) is 6.42 Å². The standard InChI is InChI=1S/C15H24O11/c1-2-3-15(13(23)11(21)9(19)7(5-17)25-15)26-14-12(22)10(20)8(18)6(4-16)24-14/h2,6-11,13,16-23H,1,3-5H2/t6-,7-,8-,9-,10+,11+,13-,15?/m1/s1. The van der Waals surface area contributed by atoms with Crippen LogP contribution in [0.1, 0.15) is 6.42 Å². The predicted molar refractivity (Wildman–Crippen MR) is 82.2 cm³/mol. The van der Waals surface area contributed by atoms with Gasteiger partial charge in [-0.1, -0.05) is 6.08 Å². The van der Waals surface area contributed by atoms with E-state index in [0.29, 0.717) is 0 Å². The Morgan fingerprint density at radius 2 is 1.62 bits per heavy atom. The van der Waals surface area contributed by atoms with E-state index in [2.05, 4.69) is 6.58 Å². The molecule has 8 atom stereocenters. The van der Waals surface area contributed by atoms with Crippen molar-refractivity contribution in [2.75, 3.05) is 13.2 Å². The molecule has 8 N–H and O–H groups in total. The van der Waals surface area contributed by atoms with Crippen molar-refractivity contribution in [3.63, 3.8) is 0 Å². The van der Waals surface area contributed by atoms with E-state index >= 15 is 0 Å². The first-order valence-electron chi connectivity index (χ1n) is 7.92. The van der Waals surface area contributed by atoms with Crippen molar-refractivity contribution in [3.05, 3.63) is 24.4 Å². The summed E-state index contributed by atoms with van der Waals surface area (Å²) in [6, 6.07) is 0. The normalized spacial score (nSPS) is 43.7. The van der Waals surface area contributed by atoms with Crippen LogP contribution in [0.25, 0.3) is 0 Å². The van der Waals surface area contributed by atoms with Crippen LogP contribution < -0.4 is 0 Å². The van der Waals surface area contributed by atoms with Gasteiger partial charge in [0.1, 0.15) is 36.6 Å². The Morgan fingerprint density at radius 3 is 2.15 bits per heavy atom. The van der Waals surface area contributed by atoms with Gasteiger partial charge in [0.05, 0.1) is 13.2 Å². The topological polar surface area (TPSA) is 190 Å². The maximum Gasteiger partial charge on any atom is 0.324 e. The minimum atomic E-state index is -2.14. The molecule has 0 aromatic rings. The fourth-order valence-corrected chi connectivity index (χ4v) is 2.84. The number of ether oxygens (including phenoxy) is 3. The molecule has 0 bridgehead atoms. The zero-order valence-electron chi connectivity index (χ0n) is 13.7. The molecule has 2 aliphatic rings. The number of hydrogen-bond donors (Lipinski definition) is 8. The second-order valence-corrected chi connectivity index (χ2v) is 6.12. The molecule has 0 aromatic heterocycles. The maximum absolute atomic E-state index is 10.4.